The van der Waals surface area contributed by atoms with Crippen molar-refractivity contribution in [1.29, 1.82) is 0 Å². The third kappa shape index (κ3) is 3.42. The second-order valence-corrected chi connectivity index (χ2v) is 5.76. The molecule has 112 valence electrons. The van der Waals surface area contributed by atoms with Crippen LogP contribution in [0.15, 0.2) is 34.8 Å². The molecule has 0 radical (unpaired) electrons. The molecular weight excluding hydrogens is 367 g/mol. The lowest BCUT2D eigenvalue weighted by Gasteiger charge is -2.19. The van der Waals surface area contributed by atoms with E-state index in [-0.39, 0.29) is 27.0 Å². The minimum atomic E-state index is -0.692. The fourth-order valence-corrected chi connectivity index (χ4v) is 2.82. The van der Waals surface area contributed by atoms with Gasteiger partial charge in [0.15, 0.2) is 0 Å². The molecule has 1 nitrogen and oxygen atoms in total. The minimum Gasteiger partial charge on any atom is -0.313 e. The van der Waals surface area contributed by atoms with Crippen molar-refractivity contribution in [3.63, 3.8) is 0 Å². The smallest absolute Gasteiger partial charge is 0.143 e. The van der Waals surface area contributed by atoms with Crippen LogP contribution in [0.25, 0.3) is 0 Å². The van der Waals surface area contributed by atoms with Gasteiger partial charge in [0, 0.05) is 22.2 Å². The zero-order chi connectivity index (χ0) is 15.6. The highest BCUT2D eigenvalue weighted by Gasteiger charge is 2.22. The summed E-state index contributed by atoms with van der Waals surface area (Å²) in [6.07, 6.45) is -0.0613. The Morgan fingerprint density at radius 2 is 1.86 bits per heavy atom. The van der Waals surface area contributed by atoms with Crippen LogP contribution in [0.2, 0.25) is 5.02 Å². The molecule has 0 spiro atoms. The van der Waals surface area contributed by atoms with E-state index in [1.165, 1.54) is 24.3 Å². The van der Waals surface area contributed by atoms with E-state index in [0.29, 0.717) is 0 Å². The van der Waals surface area contributed by atoms with E-state index in [9.17, 15) is 13.2 Å². The van der Waals surface area contributed by atoms with Gasteiger partial charge in [-0.1, -0.05) is 17.7 Å². The Kier molecular flexibility index (Phi) is 5.30. The molecule has 0 aromatic heterocycles. The second-order valence-electron chi connectivity index (χ2n) is 4.50. The van der Waals surface area contributed by atoms with Crippen molar-refractivity contribution in [3.8, 4) is 0 Å². The first kappa shape index (κ1) is 16.3. The van der Waals surface area contributed by atoms with E-state index < -0.39 is 23.5 Å². The third-order valence-corrected chi connectivity index (χ3v) is 4.19. The van der Waals surface area contributed by atoms with Crippen molar-refractivity contribution >= 4 is 27.5 Å². The first-order valence-electron chi connectivity index (χ1n) is 6.19. The zero-order valence-electron chi connectivity index (χ0n) is 11.1. The van der Waals surface area contributed by atoms with Gasteiger partial charge in [-0.2, -0.15) is 0 Å². The number of hydrogen-bond acceptors (Lipinski definition) is 1. The van der Waals surface area contributed by atoms with Gasteiger partial charge < -0.3 is 5.32 Å². The molecule has 1 unspecified atom stereocenters. The molecule has 1 N–H and O–H groups in total. The van der Waals surface area contributed by atoms with Gasteiger partial charge in [0.05, 0.1) is 4.47 Å². The minimum absolute atomic E-state index is 0.0613. The summed E-state index contributed by atoms with van der Waals surface area (Å²) in [7, 11) is 1.58. The molecule has 0 fully saturated rings. The predicted octanol–water partition coefficient (Wildman–Crippen LogP) is 5.02. The van der Waals surface area contributed by atoms with Gasteiger partial charge >= 0.3 is 0 Å². The van der Waals surface area contributed by atoms with Crippen LogP contribution in [-0.2, 0) is 6.42 Å². The van der Waals surface area contributed by atoms with Crippen molar-refractivity contribution < 1.29 is 13.2 Å². The maximum absolute atomic E-state index is 14.0. The first-order valence-corrected chi connectivity index (χ1v) is 7.36. The number of hydrogen-bond donors (Lipinski definition) is 1. The fraction of sp³-hybridized carbons (Fsp3) is 0.200. The number of rotatable bonds is 4. The van der Waals surface area contributed by atoms with Gasteiger partial charge in [0.2, 0.25) is 0 Å². The van der Waals surface area contributed by atoms with E-state index in [2.05, 4.69) is 21.2 Å². The van der Waals surface area contributed by atoms with Crippen LogP contribution in [0.1, 0.15) is 17.2 Å². The summed E-state index contributed by atoms with van der Waals surface area (Å²) in [4.78, 5) is 0. The van der Waals surface area contributed by atoms with Gasteiger partial charge in [-0.15, -0.1) is 0 Å². The number of benzene rings is 2. The van der Waals surface area contributed by atoms with Crippen LogP contribution >= 0.6 is 27.5 Å². The number of halogens is 5. The lowest BCUT2D eigenvalue weighted by atomic mass is 9.97. The Hall–Kier alpha value is -1.04. The van der Waals surface area contributed by atoms with Gasteiger partial charge in [0.25, 0.3) is 0 Å². The topological polar surface area (TPSA) is 12.0 Å². The highest BCUT2D eigenvalue weighted by molar-refractivity contribution is 9.10. The number of nitrogens with one attached hydrogen (secondary N) is 1. The molecule has 21 heavy (non-hydrogen) atoms. The van der Waals surface area contributed by atoms with E-state index in [0.717, 1.165) is 6.07 Å². The van der Waals surface area contributed by atoms with Gasteiger partial charge in [-0.05, 0) is 53.7 Å². The van der Waals surface area contributed by atoms with Gasteiger partial charge in [-0.25, -0.2) is 13.2 Å². The van der Waals surface area contributed by atoms with Crippen LogP contribution in [0.3, 0.4) is 0 Å². The van der Waals surface area contributed by atoms with Crippen molar-refractivity contribution in [2.24, 2.45) is 0 Å². The van der Waals surface area contributed by atoms with Gasteiger partial charge in [0.1, 0.15) is 17.5 Å². The first-order chi connectivity index (χ1) is 9.95. The summed E-state index contributed by atoms with van der Waals surface area (Å²) in [5.74, 6) is -1.89. The maximum Gasteiger partial charge on any atom is 0.143 e. The lowest BCUT2D eigenvalue weighted by Crippen LogP contribution is -2.21. The van der Waals surface area contributed by atoms with Crippen LogP contribution in [-0.4, -0.2) is 7.05 Å². The molecule has 0 amide bonds. The quantitative estimate of drug-likeness (QED) is 0.736. The molecule has 2 rings (SSSR count). The molecule has 0 saturated heterocycles. The summed E-state index contributed by atoms with van der Waals surface area (Å²) < 4.78 is 42.0. The highest BCUT2D eigenvalue weighted by atomic mass is 79.9. The molecule has 0 bridgehead atoms. The maximum atomic E-state index is 14.0. The standard InChI is InChI=1S/C15H12BrClF3N/c1-21-13(14-10(17)3-2-4-12(14)19)7-8-11(18)6-5-9(16)15(8)20/h2-6,13,21H,7H2,1H3. The monoisotopic (exact) mass is 377 g/mol. The predicted molar refractivity (Wildman–Crippen MR) is 81.0 cm³/mol. The molecule has 0 aliphatic carbocycles. The van der Waals surface area contributed by atoms with Crippen LogP contribution in [0.5, 0.6) is 0 Å². The molecular formula is C15H12BrClF3N. The Labute approximate surface area is 134 Å². The molecule has 0 aliphatic heterocycles. The summed E-state index contributed by atoms with van der Waals surface area (Å²) >= 11 is 9.02. The summed E-state index contributed by atoms with van der Waals surface area (Å²) in [6, 6.07) is 6.10. The Balaban J connectivity index is 2.43. The Morgan fingerprint density at radius 1 is 1.14 bits per heavy atom. The van der Waals surface area contributed by atoms with E-state index in [4.69, 9.17) is 11.6 Å². The summed E-state index contributed by atoms with van der Waals surface area (Å²) in [5.41, 5.74) is 0.0727. The van der Waals surface area contributed by atoms with Gasteiger partial charge in [-0.3, -0.25) is 0 Å². The van der Waals surface area contributed by atoms with Crippen LogP contribution < -0.4 is 5.32 Å². The average molecular weight is 379 g/mol. The van der Waals surface area contributed by atoms with E-state index in [1.54, 1.807) is 7.05 Å². The van der Waals surface area contributed by atoms with Crippen LogP contribution in [0, 0.1) is 17.5 Å². The summed E-state index contributed by atoms with van der Waals surface area (Å²) in [5, 5.41) is 3.06. The average Bonchev–Trinajstić information content (AvgIpc) is 2.45. The molecule has 0 aliphatic rings. The van der Waals surface area contributed by atoms with E-state index in [1.807, 2.05) is 0 Å². The van der Waals surface area contributed by atoms with Crippen molar-refractivity contribution in [2.45, 2.75) is 12.5 Å². The molecule has 1 atom stereocenters. The zero-order valence-corrected chi connectivity index (χ0v) is 13.4. The Morgan fingerprint density at radius 3 is 2.48 bits per heavy atom. The Bertz CT molecular complexity index is 643. The van der Waals surface area contributed by atoms with Crippen molar-refractivity contribution in [3.05, 3.63) is 68.4 Å². The largest absolute Gasteiger partial charge is 0.313 e. The molecule has 0 heterocycles. The normalized spacial score (nSPS) is 12.5. The second kappa shape index (κ2) is 6.81. The molecule has 6 heteroatoms. The van der Waals surface area contributed by atoms with E-state index >= 15 is 0 Å². The molecule has 2 aromatic rings. The number of likely N-dealkylation sites (N-methyl/N-ethyl adjacent to an activating group) is 1. The molecule has 0 saturated carbocycles. The lowest BCUT2D eigenvalue weighted by molar-refractivity contribution is 0.495. The van der Waals surface area contributed by atoms with Crippen molar-refractivity contribution in [1.82, 2.24) is 5.32 Å². The fourth-order valence-electron chi connectivity index (χ4n) is 2.15. The van der Waals surface area contributed by atoms with Crippen molar-refractivity contribution in [2.75, 3.05) is 7.05 Å². The summed E-state index contributed by atoms with van der Waals surface area (Å²) in [6.45, 7) is 0. The third-order valence-electron chi connectivity index (χ3n) is 3.24. The SMILES string of the molecule is CNC(Cc1c(F)ccc(Br)c1F)c1c(F)cccc1Cl. The highest BCUT2D eigenvalue weighted by Crippen LogP contribution is 2.31. The molecule has 2 aromatic carbocycles. The van der Waals surface area contributed by atoms with Crippen LogP contribution in [0.4, 0.5) is 13.2 Å².